The largest absolute Gasteiger partial charge is 0.462 e. The highest BCUT2D eigenvalue weighted by molar-refractivity contribution is 5.93. The second-order valence-electron chi connectivity index (χ2n) is 4.05. The molecule has 5 heteroatoms. The molecule has 1 aromatic carbocycles. The van der Waals surface area contributed by atoms with Gasteiger partial charge in [0.1, 0.15) is 0 Å². The molecule has 98 valence electrons. The van der Waals surface area contributed by atoms with Gasteiger partial charge in [0.05, 0.1) is 12.2 Å². The van der Waals surface area contributed by atoms with Crippen molar-refractivity contribution in [1.82, 2.24) is 5.32 Å². The second-order valence-corrected chi connectivity index (χ2v) is 4.05. The molecule has 0 aliphatic carbocycles. The number of rotatable bonds is 4. The highest BCUT2D eigenvalue weighted by Gasteiger charge is 2.08. The summed E-state index contributed by atoms with van der Waals surface area (Å²) in [5.74, 6) is -0.398. The first-order chi connectivity index (χ1) is 8.52. The number of anilines is 1. The first-order valence-corrected chi connectivity index (χ1v) is 5.87. The number of hydrogen-bond acceptors (Lipinski definition) is 3. The highest BCUT2D eigenvalue weighted by Crippen LogP contribution is 2.11. The van der Waals surface area contributed by atoms with Crippen molar-refractivity contribution in [2.45, 2.75) is 26.8 Å². The second kappa shape index (κ2) is 6.64. The van der Waals surface area contributed by atoms with Gasteiger partial charge in [0.15, 0.2) is 0 Å². The predicted molar refractivity (Wildman–Crippen MR) is 69.7 cm³/mol. The van der Waals surface area contributed by atoms with Gasteiger partial charge in [0.2, 0.25) is 0 Å². The van der Waals surface area contributed by atoms with Crippen LogP contribution in [0.25, 0.3) is 0 Å². The number of esters is 1. The summed E-state index contributed by atoms with van der Waals surface area (Å²) >= 11 is 0. The summed E-state index contributed by atoms with van der Waals surface area (Å²) in [5, 5.41) is 5.35. The van der Waals surface area contributed by atoms with Gasteiger partial charge in [-0.05, 0) is 39.0 Å². The van der Waals surface area contributed by atoms with E-state index in [1.165, 1.54) is 0 Å². The van der Waals surface area contributed by atoms with E-state index in [2.05, 4.69) is 10.6 Å². The lowest BCUT2D eigenvalue weighted by Gasteiger charge is -2.10. The maximum absolute atomic E-state index is 11.5. The molecule has 0 unspecified atom stereocenters. The van der Waals surface area contributed by atoms with E-state index in [1.807, 2.05) is 13.8 Å². The van der Waals surface area contributed by atoms with Gasteiger partial charge in [-0.15, -0.1) is 0 Å². The van der Waals surface area contributed by atoms with E-state index in [4.69, 9.17) is 4.74 Å². The first-order valence-electron chi connectivity index (χ1n) is 5.87. The first kappa shape index (κ1) is 14.0. The molecule has 0 saturated heterocycles. The minimum atomic E-state index is -0.398. The quantitative estimate of drug-likeness (QED) is 0.806. The molecule has 5 nitrogen and oxygen atoms in total. The number of urea groups is 1. The molecule has 0 heterocycles. The third kappa shape index (κ3) is 4.45. The van der Waals surface area contributed by atoms with Crippen LogP contribution >= 0.6 is 0 Å². The Kier molecular flexibility index (Phi) is 5.17. The Morgan fingerprint density at radius 1 is 1.33 bits per heavy atom. The third-order valence-corrected chi connectivity index (χ3v) is 2.05. The molecule has 0 radical (unpaired) electrons. The number of hydrogen-bond donors (Lipinski definition) is 2. The minimum absolute atomic E-state index is 0.0539. The summed E-state index contributed by atoms with van der Waals surface area (Å²) in [6.45, 7) is 5.81. The van der Waals surface area contributed by atoms with Crippen LogP contribution in [0.2, 0.25) is 0 Å². The van der Waals surface area contributed by atoms with Gasteiger partial charge in [-0.2, -0.15) is 0 Å². The molecule has 0 saturated carbocycles. The Bertz CT molecular complexity index is 430. The lowest BCUT2D eigenvalue weighted by molar-refractivity contribution is 0.0526. The molecule has 2 N–H and O–H groups in total. The van der Waals surface area contributed by atoms with Gasteiger partial charge in [0.25, 0.3) is 0 Å². The molecule has 1 rings (SSSR count). The Hall–Kier alpha value is -2.04. The molecule has 0 aromatic heterocycles. The lowest BCUT2D eigenvalue weighted by atomic mass is 10.2. The van der Waals surface area contributed by atoms with Crippen molar-refractivity contribution in [3.63, 3.8) is 0 Å². The fourth-order valence-electron chi connectivity index (χ4n) is 1.37. The van der Waals surface area contributed by atoms with Gasteiger partial charge < -0.3 is 15.4 Å². The summed E-state index contributed by atoms with van der Waals surface area (Å²) in [5.41, 5.74) is 0.970. The maximum Gasteiger partial charge on any atom is 0.338 e. The summed E-state index contributed by atoms with van der Waals surface area (Å²) in [7, 11) is 0. The van der Waals surface area contributed by atoms with E-state index < -0.39 is 5.97 Å². The van der Waals surface area contributed by atoms with Crippen molar-refractivity contribution in [1.29, 1.82) is 0 Å². The maximum atomic E-state index is 11.5. The van der Waals surface area contributed by atoms with Crippen LogP contribution in [0.4, 0.5) is 10.5 Å². The van der Waals surface area contributed by atoms with Gasteiger partial charge in [-0.1, -0.05) is 6.07 Å². The van der Waals surface area contributed by atoms with Crippen molar-refractivity contribution in [3.8, 4) is 0 Å². The van der Waals surface area contributed by atoms with Crippen LogP contribution in [0, 0.1) is 0 Å². The van der Waals surface area contributed by atoms with Gasteiger partial charge in [0, 0.05) is 11.7 Å². The van der Waals surface area contributed by atoms with E-state index in [-0.39, 0.29) is 12.1 Å². The van der Waals surface area contributed by atoms with Crippen LogP contribution in [0.3, 0.4) is 0 Å². The molecule has 0 aliphatic rings. The molecule has 0 fully saturated rings. The van der Waals surface area contributed by atoms with Crippen LogP contribution in [0.15, 0.2) is 24.3 Å². The smallest absolute Gasteiger partial charge is 0.338 e. The molecule has 2 amide bonds. The normalized spacial score (nSPS) is 10.0. The zero-order valence-electron chi connectivity index (χ0n) is 10.8. The van der Waals surface area contributed by atoms with Gasteiger partial charge in [-0.25, -0.2) is 9.59 Å². The standard InChI is InChI=1S/C13H18N2O3/c1-4-18-12(16)10-6-5-7-11(8-10)15-13(17)14-9(2)3/h5-9H,4H2,1-3H3,(H2,14,15,17). The van der Waals surface area contributed by atoms with E-state index in [1.54, 1.807) is 31.2 Å². The Morgan fingerprint density at radius 2 is 2.06 bits per heavy atom. The molecular weight excluding hydrogens is 232 g/mol. The molecule has 0 aliphatic heterocycles. The highest BCUT2D eigenvalue weighted by atomic mass is 16.5. The Morgan fingerprint density at radius 3 is 2.67 bits per heavy atom. The summed E-state index contributed by atoms with van der Waals surface area (Å²) < 4.78 is 4.89. The van der Waals surface area contributed by atoms with Crippen molar-refractivity contribution in [2.75, 3.05) is 11.9 Å². The van der Waals surface area contributed by atoms with E-state index >= 15 is 0 Å². The van der Waals surface area contributed by atoms with Gasteiger partial charge >= 0.3 is 12.0 Å². The van der Waals surface area contributed by atoms with Crippen molar-refractivity contribution < 1.29 is 14.3 Å². The molecule has 0 bridgehead atoms. The van der Waals surface area contributed by atoms with E-state index in [0.717, 1.165) is 0 Å². The van der Waals surface area contributed by atoms with Crippen LogP contribution in [0.1, 0.15) is 31.1 Å². The molecule has 18 heavy (non-hydrogen) atoms. The van der Waals surface area contributed by atoms with Crippen LogP contribution in [0.5, 0.6) is 0 Å². The topological polar surface area (TPSA) is 67.4 Å². The van der Waals surface area contributed by atoms with E-state index in [0.29, 0.717) is 17.9 Å². The molecule has 0 spiro atoms. The van der Waals surface area contributed by atoms with Crippen molar-refractivity contribution >= 4 is 17.7 Å². The van der Waals surface area contributed by atoms with E-state index in [9.17, 15) is 9.59 Å². The lowest BCUT2D eigenvalue weighted by Crippen LogP contribution is -2.34. The Labute approximate surface area is 107 Å². The van der Waals surface area contributed by atoms with Crippen molar-refractivity contribution in [2.24, 2.45) is 0 Å². The molecule has 1 aromatic rings. The predicted octanol–water partition coefficient (Wildman–Crippen LogP) is 2.39. The summed E-state index contributed by atoms with van der Waals surface area (Å²) in [6, 6.07) is 6.38. The third-order valence-electron chi connectivity index (χ3n) is 2.05. The average molecular weight is 250 g/mol. The fraction of sp³-hybridized carbons (Fsp3) is 0.385. The van der Waals surface area contributed by atoms with Crippen molar-refractivity contribution in [3.05, 3.63) is 29.8 Å². The SMILES string of the molecule is CCOC(=O)c1cccc(NC(=O)NC(C)C)c1. The number of benzene rings is 1. The zero-order chi connectivity index (χ0) is 13.5. The van der Waals surface area contributed by atoms with Gasteiger partial charge in [-0.3, -0.25) is 0 Å². The van der Waals surface area contributed by atoms with Crippen LogP contribution in [-0.4, -0.2) is 24.6 Å². The van der Waals surface area contributed by atoms with Crippen LogP contribution < -0.4 is 10.6 Å². The fourth-order valence-corrected chi connectivity index (χ4v) is 1.37. The number of carbonyl (C=O) groups is 2. The van der Waals surface area contributed by atoms with Crippen LogP contribution in [-0.2, 0) is 4.74 Å². The number of nitrogens with one attached hydrogen (secondary N) is 2. The number of carbonyl (C=O) groups excluding carboxylic acids is 2. The average Bonchev–Trinajstić information content (AvgIpc) is 2.28. The number of ether oxygens (including phenoxy) is 1. The summed E-state index contributed by atoms with van der Waals surface area (Å²) in [4.78, 5) is 23.0. The zero-order valence-corrected chi connectivity index (χ0v) is 10.8. The molecular formula is C13H18N2O3. The Balaban J connectivity index is 2.70. The summed E-state index contributed by atoms with van der Waals surface area (Å²) in [6.07, 6.45) is 0. The number of amides is 2. The molecule has 0 atom stereocenters. The monoisotopic (exact) mass is 250 g/mol. The minimum Gasteiger partial charge on any atom is -0.462 e.